The van der Waals surface area contributed by atoms with Gasteiger partial charge in [-0.25, -0.2) is 15.0 Å². The van der Waals surface area contributed by atoms with Gasteiger partial charge in [0, 0.05) is 50.6 Å². The van der Waals surface area contributed by atoms with E-state index < -0.39 is 0 Å². The fraction of sp³-hybridized carbons (Fsp3) is 0. The molecule has 0 saturated heterocycles. The number of hydrogen-bond donors (Lipinski definition) is 0. The van der Waals surface area contributed by atoms with Gasteiger partial charge < -0.3 is 4.74 Å². The molecule has 53 heavy (non-hydrogen) atoms. The third kappa shape index (κ3) is 4.63. The van der Waals surface area contributed by atoms with Crippen molar-refractivity contribution in [2.24, 2.45) is 0 Å². The molecule has 0 saturated carbocycles. The van der Waals surface area contributed by atoms with Crippen molar-refractivity contribution in [1.82, 2.24) is 23.8 Å². The SMILES string of the molecule is c1ccc(-c2cn3c4ccccc4c4ccc(Oc5ccc6c7cccnc7n7c(-c8ccccc8)c(-c8ccccc8)nc7c6c5)cc4c3n2)cc1. The molecule has 11 rings (SSSR count). The lowest BCUT2D eigenvalue weighted by Crippen LogP contribution is -1.96. The lowest BCUT2D eigenvalue weighted by atomic mass is 10.0. The van der Waals surface area contributed by atoms with Gasteiger partial charge in [0.15, 0.2) is 0 Å². The summed E-state index contributed by atoms with van der Waals surface area (Å²) in [6.07, 6.45) is 3.98. The van der Waals surface area contributed by atoms with Gasteiger partial charge in [-0.1, -0.05) is 109 Å². The first-order valence-corrected chi connectivity index (χ1v) is 17.7. The van der Waals surface area contributed by atoms with Crippen LogP contribution >= 0.6 is 0 Å². The highest BCUT2D eigenvalue weighted by Gasteiger charge is 2.22. The Kier molecular flexibility index (Phi) is 6.45. The maximum atomic E-state index is 6.72. The summed E-state index contributed by atoms with van der Waals surface area (Å²) in [6.45, 7) is 0. The quantitative estimate of drug-likeness (QED) is 0.170. The average molecular weight is 680 g/mol. The Balaban J connectivity index is 1.12. The number of para-hydroxylation sites is 1. The fourth-order valence-corrected chi connectivity index (χ4v) is 7.81. The molecule has 248 valence electrons. The monoisotopic (exact) mass is 679 g/mol. The van der Waals surface area contributed by atoms with E-state index >= 15 is 0 Å². The van der Waals surface area contributed by atoms with Crippen LogP contribution in [0.2, 0.25) is 0 Å². The second-order valence-electron chi connectivity index (χ2n) is 13.3. The zero-order valence-electron chi connectivity index (χ0n) is 28.4. The molecule has 0 radical (unpaired) electrons. The van der Waals surface area contributed by atoms with Crippen LogP contribution in [0, 0.1) is 0 Å². The summed E-state index contributed by atoms with van der Waals surface area (Å²) in [5.74, 6) is 1.45. The van der Waals surface area contributed by atoms with Gasteiger partial charge in [-0.05, 0) is 65.4 Å². The van der Waals surface area contributed by atoms with Crippen LogP contribution in [-0.4, -0.2) is 23.8 Å². The molecule has 11 aromatic rings. The third-order valence-corrected chi connectivity index (χ3v) is 10.2. The van der Waals surface area contributed by atoms with Gasteiger partial charge in [-0.15, -0.1) is 0 Å². The molecule has 6 nitrogen and oxygen atoms in total. The first-order chi connectivity index (χ1) is 26.3. The van der Waals surface area contributed by atoms with E-state index in [0.29, 0.717) is 0 Å². The van der Waals surface area contributed by atoms with Gasteiger partial charge in [-0.2, -0.15) is 0 Å². The molecular formula is C47H29N5O. The first-order valence-electron chi connectivity index (χ1n) is 17.7. The van der Waals surface area contributed by atoms with Crippen LogP contribution in [0.25, 0.3) is 88.5 Å². The number of aromatic nitrogens is 5. The Labute approximate surface area is 303 Å². The van der Waals surface area contributed by atoms with Gasteiger partial charge in [0.05, 0.1) is 22.6 Å². The van der Waals surface area contributed by atoms with E-state index in [1.807, 2.05) is 54.7 Å². The molecule has 0 aliphatic carbocycles. The highest BCUT2D eigenvalue weighted by atomic mass is 16.5. The molecule has 0 unspecified atom stereocenters. The molecular weight excluding hydrogens is 651 g/mol. The first kappa shape index (κ1) is 29.4. The molecule has 5 aromatic heterocycles. The zero-order valence-corrected chi connectivity index (χ0v) is 28.4. The maximum Gasteiger partial charge on any atom is 0.147 e. The maximum absolute atomic E-state index is 6.72. The largest absolute Gasteiger partial charge is 0.457 e. The number of hydrogen-bond acceptors (Lipinski definition) is 4. The topological polar surface area (TPSA) is 56.7 Å². The summed E-state index contributed by atoms with van der Waals surface area (Å²) >= 11 is 0. The molecule has 0 aliphatic heterocycles. The number of benzene rings is 6. The number of rotatable bonds is 5. The molecule has 0 N–H and O–H groups in total. The fourth-order valence-electron chi connectivity index (χ4n) is 7.81. The highest BCUT2D eigenvalue weighted by molar-refractivity contribution is 6.14. The Hall–Kier alpha value is -7.31. The summed E-state index contributed by atoms with van der Waals surface area (Å²) in [6, 6.07) is 56.3. The van der Waals surface area contributed by atoms with Gasteiger partial charge in [0.2, 0.25) is 0 Å². The Morgan fingerprint density at radius 2 is 1.04 bits per heavy atom. The average Bonchev–Trinajstić information content (AvgIpc) is 3.87. The summed E-state index contributed by atoms with van der Waals surface area (Å²) in [5.41, 5.74) is 9.72. The number of pyridine rings is 3. The van der Waals surface area contributed by atoms with E-state index in [-0.39, 0.29) is 0 Å². The van der Waals surface area contributed by atoms with Gasteiger partial charge >= 0.3 is 0 Å². The smallest absolute Gasteiger partial charge is 0.147 e. The van der Waals surface area contributed by atoms with E-state index in [2.05, 4.69) is 130 Å². The van der Waals surface area contributed by atoms with Gasteiger partial charge in [0.1, 0.15) is 28.4 Å². The Morgan fingerprint density at radius 1 is 0.434 bits per heavy atom. The van der Waals surface area contributed by atoms with Crippen molar-refractivity contribution in [1.29, 1.82) is 0 Å². The predicted molar refractivity (Wildman–Crippen MR) is 215 cm³/mol. The normalized spacial score (nSPS) is 11.8. The minimum atomic E-state index is 0.720. The summed E-state index contributed by atoms with van der Waals surface area (Å²) in [7, 11) is 0. The minimum Gasteiger partial charge on any atom is -0.457 e. The molecule has 5 heterocycles. The van der Waals surface area contributed by atoms with Crippen molar-refractivity contribution < 1.29 is 4.74 Å². The summed E-state index contributed by atoms with van der Waals surface area (Å²) < 4.78 is 11.1. The van der Waals surface area contributed by atoms with Crippen molar-refractivity contribution in [2.45, 2.75) is 0 Å². The van der Waals surface area contributed by atoms with Crippen LogP contribution in [0.5, 0.6) is 11.5 Å². The summed E-state index contributed by atoms with van der Waals surface area (Å²) in [4.78, 5) is 15.5. The molecule has 0 spiro atoms. The van der Waals surface area contributed by atoms with Gasteiger partial charge in [0.25, 0.3) is 0 Å². The van der Waals surface area contributed by atoms with Crippen molar-refractivity contribution in [3.05, 3.63) is 176 Å². The van der Waals surface area contributed by atoms with Crippen molar-refractivity contribution in [3.63, 3.8) is 0 Å². The molecule has 0 bridgehead atoms. The van der Waals surface area contributed by atoms with E-state index in [1.165, 1.54) is 0 Å². The molecule has 6 aromatic carbocycles. The minimum absolute atomic E-state index is 0.720. The van der Waals surface area contributed by atoms with E-state index in [4.69, 9.17) is 19.7 Å². The van der Waals surface area contributed by atoms with Crippen LogP contribution in [0.1, 0.15) is 0 Å². The molecule has 0 amide bonds. The zero-order chi connectivity index (χ0) is 34.9. The van der Waals surface area contributed by atoms with E-state index in [9.17, 15) is 0 Å². The third-order valence-electron chi connectivity index (χ3n) is 10.2. The molecule has 6 heteroatoms. The molecule has 0 aliphatic rings. The van der Waals surface area contributed by atoms with Crippen LogP contribution in [-0.2, 0) is 0 Å². The number of imidazole rings is 2. The lowest BCUT2D eigenvalue weighted by molar-refractivity contribution is 0.484. The van der Waals surface area contributed by atoms with Crippen LogP contribution in [0.15, 0.2) is 176 Å². The Bertz CT molecular complexity index is 3190. The Morgan fingerprint density at radius 3 is 1.77 bits per heavy atom. The lowest BCUT2D eigenvalue weighted by Gasteiger charge is -2.13. The second kappa shape index (κ2) is 11.6. The number of fused-ring (bicyclic) bond motifs is 12. The predicted octanol–water partition coefficient (Wildman–Crippen LogP) is 11.8. The highest BCUT2D eigenvalue weighted by Crippen LogP contribution is 2.40. The molecule has 0 fully saturated rings. The summed E-state index contributed by atoms with van der Waals surface area (Å²) in [5, 5.41) is 6.41. The van der Waals surface area contributed by atoms with Crippen molar-refractivity contribution in [3.8, 4) is 45.3 Å². The van der Waals surface area contributed by atoms with E-state index in [0.717, 1.165) is 100 Å². The van der Waals surface area contributed by atoms with Crippen molar-refractivity contribution >= 4 is 54.8 Å². The van der Waals surface area contributed by atoms with Crippen molar-refractivity contribution in [2.75, 3.05) is 0 Å². The number of ether oxygens (including phenoxy) is 1. The second-order valence-corrected chi connectivity index (χ2v) is 13.3. The molecule has 0 atom stereocenters. The van der Waals surface area contributed by atoms with Gasteiger partial charge in [-0.3, -0.25) is 8.80 Å². The van der Waals surface area contributed by atoms with Crippen LogP contribution in [0.3, 0.4) is 0 Å². The van der Waals surface area contributed by atoms with E-state index in [1.54, 1.807) is 0 Å². The standard InChI is InChI=1S/C47H29N5O/c1-4-13-30(14-5-1)41-29-51-42-21-11-10-19-37(42)35-24-22-33(27-39(35)46(51)49-41)53-34-23-25-36-38-20-12-26-48-45(38)52-44(32-17-8-3-9-18-32)43(31-15-6-2-7-16-31)50-47(52)40(36)28-34/h1-29H. The number of nitrogens with zero attached hydrogens (tertiary/aromatic N) is 5. The van der Waals surface area contributed by atoms with Crippen LogP contribution in [0.4, 0.5) is 0 Å². The van der Waals surface area contributed by atoms with Crippen LogP contribution < -0.4 is 4.74 Å².